The lowest BCUT2D eigenvalue weighted by Crippen LogP contribution is -2.51. The summed E-state index contributed by atoms with van der Waals surface area (Å²) in [5, 5.41) is 11.5. The number of hydrogen-bond donors (Lipinski definition) is 5. The van der Waals surface area contributed by atoms with Crippen LogP contribution in [0, 0.1) is 0 Å². The Morgan fingerprint density at radius 3 is 2.62 bits per heavy atom. The number of unbranched alkanes of at least 4 members (excludes halogenated alkanes) is 1. The molecule has 0 aromatic carbocycles. The van der Waals surface area contributed by atoms with Gasteiger partial charge in [0.1, 0.15) is 6.04 Å². The van der Waals surface area contributed by atoms with E-state index in [1.165, 1.54) is 4.90 Å². The third-order valence-corrected chi connectivity index (χ3v) is 3.73. The largest absolute Gasteiger partial charge is 0.481 e. The van der Waals surface area contributed by atoms with Crippen LogP contribution in [0.25, 0.3) is 0 Å². The molecule has 0 spiro atoms. The van der Waals surface area contributed by atoms with Crippen LogP contribution in [0.1, 0.15) is 32.1 Å². The summed E-state index contributed by atoms with van der Waals surface area (Å²) in [6.07, 6.45) is 2.23. The van der Waals surface area contributed by atoms with Gasteiger partial charge < -0.3 is 32.5 Å². The highest BCUT2D eigenvalue weighted by molar-refractivity contribution is 5.91. The maximum absolute atomic E-state index is 12.2. The summed E-state index contributed by atoms with van der Waals surface area (Å²) in [6.45, 7) is 1.36. The lowest BCUT2D eigenvalue weighted by Gasteiger charge is -2.26. The van der Waals surface area contributed by atoms with Gasteiger partial charge in [-0.2, -0.15) is 0 Å². The van der Waals surface area contributed by atoms with Crippen molar-refractivity contribution in [3.63, 3.8) is 0 Å². The minimum Gasteiger partial charge on any atom is -0.481 e. The van der Waals surface area contributed by atoms with Crippen molar-refractivity contribution in [2.75, 3.05) is 19.6 Å². The zero-order valence-electron chi connectivity index (χ0n) is 13.6. The zero-order chi connectivity index (χ0) is 18.1. The molecular formula is C14H26N6O4. The Balaban J connectivity index is 2.41. The van der Waals surface area contributed by atoms with Gasteiger partial charge in [-0.1, -0.05) is 0 Å². The predicted octanol–water partition coefficient (Wildman–Crippen LogP) is -2.05. The average Bonchev–Trinajstić information content (AvgIpc) is 2.98. The van der Waals surface area contributed by atoms with E-state index in [4.69, 9.17) is 22.3 Å². The van der Waals surface area contributed by atoms with Gasteiger partial charge in [-0.25, -0.2) is 0 Å². The van der Waals surface area contributed by atoms with Crippen LogP contribution in [-0.4, -0.2) is 65.5 Å². The Labute approximate surface area is 140 Å². The van der Waals surface area contributed by atoms with Crippen molar-refractivity contribution in [3.8, 4) is 0 Å². The summed E-state index contributed by atoms with van der Waals surface area (Å²) in [5.41, 5.74) is 16.0. The molecule has 24 heavy (non-hydrogen) atoms. The number of carbonyl (C=O) groups is 3. The quantitative estimate of drug-likeness (QED) is 0.182. The first-order valence-corrected chi connectivity index (χ1v) is 7.94. The van der Waals surface area contributed by atoms with Gasteiger partial charge in [-0.3, -0.25) is 19.4 Å². The summed E-state index contributed by atoms with van der Waals surface area (Å²) >= 11 is 0. The number of carboxylic acid groups (broad SMARTS) is 1. The number of aliphatic imine (C=N–C) groups is 1. The SMILES string of the molecule is NC(N)=NCCCCNC(=O)[C@@H]1CCCN1C(=O)[C@@H](N)CC(=O)O. The number of rotatable bonds is 9. The first-order valence-electron chi connectivity index (χ1n) is 7.94. The Morgan fingerprint density at radius 1 is 1.29 bits per heavy atom. The van der Waals surface area contributed by atoms with Crippen LogP contribution >= 0.6 is 0 Å². The van der Waals surface area contributed by atoms with Crippen molar-refractivity contribution in [1.82, 2.24) is 10.2 Å². The number of aliphatic carboxylic acids is 1. The first-order chi connectivity index (χ1) is 11.3. The summed E-state index contributed by atoms with van der Waals surface area (Å²) in [7, 11) is 0. The van der Waals surface area contributed by atoms with Crippen LogP contribution in [0.2, 0.25) is 0 Å². The molecule has 8 N–H and O–H groups in total. The number of amides is 2. The minimum atomic E-state index is -1.14. The van der Waals surface area contributed by atoms with Crippen molar-refractivity contribution >= 4 is 23.7 Å². The number of hydrogen-bond acceptors (Lipinski definition) is 5. The number of nitrogens with zero attached hydrogens (tertiary/aromatic N) is 2. The maximum Gasteiger partial charge on any atom is 0.305 e. The summed E-state index contributed by atoms with van der Waals surface area (Å²) < 4.78 is 0. The Kier molecular flexibility index (Phi) is 7.96. The van der Waals surface area contributed by atoms with Gasteiger partial charge in [0.2, 0.25) is 11.8 Å². The van der Waals surface area contributed by atoms with E-state index in [1.807, 2.05) is 0 Å². The molecule has 1 aliphatic rings. The van der Waals surface area contributed by atoms with Gasteiger partial charge in [0.25, 0.3) is 0 Å². The maximum atomic E-state index is 12.2. The van der Waals surface area contributed by atoms with Crippen LogP contribution in [-0.2, 0) is 14.4 Å². The summed E-state index contributed by atoms with van der Waals surface area (Å²) in [5.74, 6) is -1.85. The molecule has 1 heterocycles. The molecule has 1 aliphatic heterocycles. The van der Waals surface area contributed by atoms with E-state index in [9.17, 15) is 14.4 Å². The minimum absolute atomic E-state index is 0.0387. The Bertz CT molecular complexity index is 492. The van der Waals surface area contributed by atoms with Crippen LogP contribution < -0.4 is 22.5 Å². The molecule has 2 amide bonds. The predicted molar refractivity (Wildman–Crippen MR) is 87.9 cm³/mol. The molecule has 10 nitrogen and oxygen atoms in total. The zero-order valence-corrected chi connectivity index (χ0v) is 13.6. The van der Waals surface area contributed by atoms with Crippen LogP contribution in [0.15, 0.2) is 4.99 Å². The topological polar surface area (TPSA) is 177 Å². The highest BCUT2D eigenvalue weighted by Crippen LogP contribution is 2.18. The molecule has 1 saturated heterocycles. The molecular weight excluding hydrogens is 316 g/mol. The first kappa shape index (κ1) is 19.7. The Morgan fingerprint density at radius 2 is 2.00 bits per heavy atom. The second kappa shape index (κ2) is 9.71. The third kappa shape index (κ3) is 6.41. The van der Waals surface area contributed by atoms with Crippen molar-refractivity contribution < 1.29 is 19.5 Å². The highest BCUT2D eigenvalue weighted by Gasteiger charge is 2.36. The van der Waals surface area contributed by atoms with E-state index in [2.05, 4.69) is 10.3 Å². The van der Waals surface area contributed by atoms with E-state index >= 15 is 0 Å². The summed E-state index contributed by atoms with van der Waals surface area (Å²) in [6, 6.07) is -1.72. The van der Waals surface area contributed by atoms with Crippen molar-refractivity contribution in [1.29, 1.82) is 0 Å². The molecule has 0 aromatic rings. The molecule has 136 valence electrons. The van der Waals surface area contributed by atoms with Gasteiger partial charge in [0, 0.05) is 19.6 Å². The highest BCUT2D eigenvalue weighted by atomic mass is 16.4. The second-order valence-electron chi connectivity index (χ2n) is 5.70. The van der Waals surface area contributed by atoms with E-state index in [0.717, 1.165) is 6.42 Å². The van der Waals surface area contributed by atoms with Crippen molar-refractivity contribution in [2.45, 2.75) is 44.2 Å². The monoisotopic (exact) mass is 342 g/mol. The molecule has 10 heteroatoms. The summed E-state index contributed by atoms with van der Waals surface area (Å²) in [4.78, 5) is 40.3. The average molecular weight is 342 g/mol. The number of nitrogens with one attached hydrogen (secondary N) is 1. The second-order valence-corrected chi connectivity index (χ2v) is 5.70. The van der Waals surface area contributed by atoms with Gasteiger partial charge in [0.05, 0.1) is 12.5 Å². The van der Waals surface area contributed by atoms with E-state index in [0.29, 0.717) is 38.9 Å². The Hall–Kier alpha value is -2.36. The van der Waals surface area contributed by atoms with Crippen molar-refractivity contribution in [2.24, 2.45) is 22.2 Å². The molecule has 0 aromatic heterocycles. The van der Waals surface area contributed by atoms with Gasteiger partial charge in [-0.15, -0.1) is 0 Å². The lowest BCUT2D eigenvalue weighted by atomic mass is 10.1. The molecule has 1 fully saturated rings. The lowest BCUT2D eigenvalue weighted by molar-refractivity contribution is -0.143. The van der Waals surface area contributed by atoms with Gasteiger partial charge in [0.15, 0.2) is 5.96 Å². The normalized spacial score (nSPS) is 18.0. The molecule has 0 unspecified atom stereocenters. The standard InChI is InChI=1S/C14H26N6O4/c15-9(8-11(21)22)13(24)20-7-3-4-10(20)12(23)18-5-1-2-6-19-14(16)17/h9-10H,1-8,15H2,(H,18,23)(H,21,22)(H4,16,17,19)/t9-,10-/m0/s1. The molecule has 2 atom stereocenters. The fourth-order valence-electron chi connectivity index (χ4n) is 2.57. The van der Waals surface area contributed by atoms with Crippen LogP contribution in [0.5, 0.6) is 0 Å². The molecule has 0 saturated carbocycles. The third-order valence-electron chi connectivity index (χ3n) is 3.73. The number of likely N-dealkylation sites (tertiary alicyclic amines) is 1. The molecule has 0 radical (unpaired) electrons. The smallest absolute Gasteiger partial charge is 0.305 e. The molecule has 0 bridgehead atoms. The van der Waals surface area contributed by atoms with Gasteiger partial charge in [-0.05, 0) is 25.7 Å². The van der Waals surface area contributed by atoms with Crippen molar-refractivity contribution in [3.05, 3.63) is 0 Å². The number of carboxylic acids is 1. The van der Waals surface area contributed by atoms with E-state index in [1.54, 1.807) is 0 Å². The molecule has 0 aliphatic carbocycles. The van der Waals surface area contributed by atoms with Crippen LogP contribution in [0.4, 0.5) is 0 Å². The molecule has 1 rings (SSSR count). The number of carbonyl (C=O) groups excluding carboxylic acids is 2. The van der Waals surface area contributed by atoms with E-state index in [-0.39, 0.29) is 11.9 Å². The van der Waals surface area contributed by atoms with Gasteiger partial charge >= 0.3 is 5.97 Å². The fraction of sp³-hybridized carbons (Fsp3) is 0.714. The van der Waals surface area contributed by atoms with E-state index < -0.39 is 30.4 Å². The van der Waals surface area contributed by atoms with Crippen LogP contribution in [0.3, 0.4) is 0 Å². The number of nitrogens with two attached hydrogens (primary N) is 3. The number of guanidine groups is 1. The fourth-order valence-corrected chi connectivity index (χ4v) is 2.57.